The van der Waals surface area contributed by atoms with Crippen molar-refractivity contribution < 1.29 is 9.53 Å². The van der Waals surface area contributed by atoms with Crippen LogP contribution in [0.5, 0.6) is 0 Å². The van der Waals surface area contributed by atoms with Crippen molar-refractivity contribution >= 4 is 5.91 Å². The third kappa shape index (κ3) is 5.48. The molecule has 1 heterocycles. The maximum atomic E-state index is 11.8. The molecule has 5 nitrogen and oxygen atoms in total. The first-order chi connectivity index (χ1) is 8.13. The van der Waals surface area contributed by atoms with Crippen molar-refractivity contribution in [3.63, 3.8) is 0 Å². The number of ether oxygens (including phenoxy) is 1. The molecule has 0 radical (unpaired) electrons. The zero-order valence-electron chi connectivity index (χ0n) is 10.9. The quantitative estimate of drug-likeness (QED) is 0.678. The van der Waals surface area contributed by atoms with Crippen molar-refractivity contribution in [2.75, 3.05) is 39.4 Å². The predicted molar refractivity (Wildman–Crippen MR) is 67.7 cm³/mol. The first-order valence-electron chi connectivity index (χ1n) is 6.44. The van der Waals surface area contributed by atoms with Crippen LogP contribution >= 0.6 is 0 Å². The molecule has 0 aromatic carbocycles. The molecule has 17 heavy (non-hydrogen) atoms. The van der Waals surface area contributed by atoms with E-state index in [4.69, 9.17) is 10.5 Å². The Morgan fingerprint density at radius 2 is 2.06 bits per heavy atom. The number of nitrogens with one attached hydrogen (secondary N) is 1. The Kier molecular flexibility index (Phi) is 6.47. The fourth-order valence-electron chi connectivity index (χ4n) is 1.98. The number of morpholine rings is 1. The first-order valence-corrected chi connectivity index (χ1v) is 6.44. The molecule has 0 aliphatic carbocycles. The summed E-state index contributed by atoms with van der Waals surface area (Å²) in [4.78, 5) is 14.1. The average molecular weight is 243 g/mol. The highest BCUT2D eigenvalue weighted by atomic mass is 16.5. The third-order valence-electron chi connectivity index (χ3n) is 3.07. The second-order valence-electron chi connectivity index (χ2n) is 4.80. The summed E-state index contributed by atoms with van der Waals surface area (Å²) in [5, 5.41) is 3.03. The summed E-state index contributed by atoms with van der Waals surface area (Å²) < 4.78 is 5.29. The molecule has 5 heteroatoms. The van der Waals surface area contributed by atoms with E-state index in [1.54, 1.807) is 0 Å². The second-order valence-corrected chi connectivity index (χ2v) is 4.80. The summed E-state index contributed by atoms with van der Waals surface area (Å²) in [6.45, 7) is 8.93. The Balaban J connectivity index is 2.23. The fraction of sp³-hybridized carbons (Fsp3) is 0.917. The number of carbonyl (C=O) groups excluding carboxylic acids is 1. The van der Waals surface area contributed by atoms with Gasteiger partial charge in [-0.15, -0.1) is 0 Å². The summed E-state index contributed by atoms with van der Waals surface area (Å²) >= 11 is 0. The van der Waals surface area contributed by atoms with Gasteiger partial charge in [-0.25, -0.2) is 0 Å². The smallest absolute Gasteiger partial charge is 0.223 e. The summed E-state index contributed by atoms with van der Waals surface area (Å²) in [6, 6.07) is 0.181. The van der Waals surface area contributed by atoms with Gasteiger partial charge >= 0.3 is 0 Å². The molecule has 1 aliphatic heterocycles. The van der Waals surface area contributed by atoms with Crippen molar-refractivity contribution in [2.24, 2.45) is 11.7 Å². The number of nitrogens with zero attached hydrogens (tertiary/aromatic N) is 1. The Labute approximate surface area is 104 Å². The molecule has 1 saturated heterocycles. The molecule has 1 aliphatic rings. The predicted octanol–water partition coefficient (Wildman–Crippen LogP) is -0.192. The summed E-state index contributed by atoms with van der Waals surface area (Å²) in [6.07, 6.45) is 0.746. The third-order valence-corrected chi connectivity index (χ3v) is 3.07. The minimum absolute atomic E-state index is 0.00661. The van der Waals surface area contributed by atoms with Crippen LogP contribution in [-0.2, 0) is 9.53 Å². The molecule has 1 rings (SSSR count). The maximum Gasteiger partial charge on any atom is 0.223 e. The molecule has 0 spiro atoms. The Morgan fingerprint density at radius 3 is 2.65 bits per heavy atom. The highest BCUT2D eigenvalue weighted by molar-refractivity contribution is 5.78. The normalized spacial score (nSPS) is 20.9. The van der Waals surface area contributed by atoms with Gasteiger partial charge in [0.15, 0.2) is 0 Å². The molecular formula is C12H25N3O2. The lowest BCUT2D eigenvalue weighted by atomic mass is 10.1. The molecule has 1 fully saturated rings. The SMILES string of the molecule is CC(CN1CCOCC1)NC(=O)C(C)CCN. The van der Waals surface area contributed by atoms with Crippen LogP contribution in [0.3, 0.4) is 0 Å². The van der Waals surface area contributed by atoms with Crippen LogP contribution in [0.2, 0.25) is 0 Å². The largest absolute Gasteiger partial charge is 0.379 e. The van der Waals surface area contributed by atoms with Gasteiger partial charge in [-0.2, -0.15) is 0 Å². The monoisotopic (exact) mass is 243 g/mol. The zero-order valence-corrected chi connectivity index (χ0v) is 10.9. The van der Waals surface area contributed by atoms with Gasteiger partial charge < -0.3 is 15.8 Å². The minimum Gasteiger partial charge on any atom is -0.379 e. The van der Waals surface area contributed by atoms with Crippen LogP contribution in [0.4, 0.5) is 0 Å². The van der Waals surface area contributed by atoms with Gasteiger partial charge in [0.2, 0.25) is 5.91 Å². The van der Waals surface area contributed by atoms with Crippen LogP contribution in [-0.4, -0.2) is 56.2 Å². The van der Waals surface area contributed by atoms with E-state index in [-0.39, 0.29) is 17.9 Å². The first kappa shape index (κ1) is 14.4. The van der Waals surface area contributed by atoms with Gasteiger partial charge in [0.05, 0.1) is 13.2 Å². The van der Waals surface area contributed by atoms with Crippen LogP contribution in [0, 0.1) is 5.92 Å². The van der Waals surface area contributed by atoms with Crippen molar-refractivity contribution in [1.29, 1.82) is 0 Å². The molecule has 0 aromatic rings. The van der Waals surface area contributed by atoms with Crippen molar-refractivity contribution in [2.45, 2.75) is 26.3 Å². The highest BCUT2D eigenvalue weighted by Crippen LogP contribution is 2.02. The van der Waals surface area contributed by atoms with Gasteiger partial charge in [0.25, 0.3) is 0 Å². The number of amides is 1. The number of rotatable bonds is 6. The van der Waals surface area contributed by atoms with Crippen LogP contribution in [0.15, 0.2) is 0 Å². The van der Waals surface area contributed by atoms with E-state index >= 15 is 0 Å². The molecule has 0 bridgehead atoms. The lowest BCUT2D eigenvalue weighted by Gasteiger charge is -2.29. The van der Waals surface area contributed by atoms with Gasteiger partial charge in [0, 0.05) is 31.6 Å². The van der Waals surface area contributed by atoms with E-state index in [0.717, 1.165) is 39.3 Å². The van der Waals surface area contributed by atoms with Gasteiger partial charge in [-0.3, -0.25) is 9.69 Å². The molecule has 1 amide bonds. The number of hydrogen-bond acceptors (Lipinski definition) is 4. The van der Waals surface area contributed by atoms with E-state index in [2.05, 4.69) is 10.2 Å². The molecule has 100 valence electrons. The lowest BCUT2D eigenvalue weighted by molar-refractivity contribution is -0.125. The Morgan fingerprint density at radius 1 is 1.41 bits per heavy atom. The van der Waals surface area contributed by atoms with E-state index in [9.17, 15) is 4.79 Å². The van der Waals surface area contributed by atoms with Crippen molar-refractivity contribution in [1.82, 2.24) is 10.2 Å². The average Bonchev–Trinajstić information content (AvgIpc) is 2.30. The topological polar surface area (TPSA) is 67.6 Å². The highest BCUT2D eigenvalue weighted by Gasteiger charge is 2.17. The van der Waals surface area contributed by atoms with E-state index in [1.807, 2.05) is 13.8 Å². The Hall–Kier alpha value is -0.650. The van der Waals surface area contributed by atoms with Crippen LogP contribution in [0.25, 0.3) is 0 Å². The summed E-state index contributed by atoms with van der Waals surface area (Å²) in [5.74, 6) is 0.114. The van der Waals surface area contributed by atoms with Gasteiger partial charge in [-0.1, -0.05) is 6.92 Å². The molecular weight excluding hydrogens is 218 g/mol. The molecule has 2 atom stereocenters. The molecule has 2 unspecified atom stereocenters. The molecule has 3 N–H and O–H groups in total. The number of hydrogen-bond donors (Lipinski definition) is 2. The zero-order chi connectivity index (χ0) is 12.7. The van der Waals surface area contributed by atoms with E-state index < -0.39 is 0 Å². The van der Waals surface area contributed by atoms with Crippen molar-refractivity contribution in [3.05, 3.63) is 0 Å². The summed E-state index contributed by atoms with van der Waals surface area (Å²) in [7, 11) is 0. The molecule has 0 aromatic heterocycles. The Bertz CT molecular complexity index is 230. The lowest BCUT2D eigenvalue weighted by Crippen LogP contribution is -2.47. The maximum absolute atomic E-state index is 11.8. The summed E-state index contributed by atoms with van der Waals surface area (Å²) in [5.41, 5.74) is 5.45. The molecule has 0 saturated carbocycles. The van der Waals surface area contributed by atoms with Crippen LogP contribution < -0.4 is 11.1 Å². The van der Waals surface area contributed by atoms with Crippen molar-refractivity contribution in [3.8, 4) is 0 Å². The van der Waals surface area contributed by atoms with Gasteiger partial charge in [0.1, 0.15) is 0 Å². The minimum atomic E-state index is 0.00661. The standard InChI is InChI=1S/C12H25N3O2/c1-10(3-4-13)12(16)14-11(2)9-15-5-7-17-8-6-15/h10-11H,3-9,13H2,1-2H3,(H,14,16). The number of nitrogens with two attached hydrogens (primary N) is 1. The van der Waals surface area contributed by atoms with Gasteiger partial charge in [-0.05, 0) is 19.9 Å². The second kappa shape index (κ2) is 7.63. The number of carbonyl (C=O) groups is 1. The van der Waals surface area contributed by atoms with Crippen LogP contribution in [0.1, 0.15) is 20.3 Å². The van der Waals surface area contributed by atoms with E-state index in [1.165, 1.54) is 0 Å². The fourth-order valence-corrected chi connectivity index (χ4v) is 1.98. The van der Waals surface area contributed by atoms with E-state index in [0.29, 0.717) is 6.54 Å².